The van der Waals surface area contributed by atoms with Crippen LogP contribution < -0.4 is 11.1 Å². The van der Waals surface area contributed by atoms with Crippen LogP contribution in [0.4, 0.5) is 0 Å². The zero-order valence-electron chi connectivity index (χ0n) is 7.12. The zero-order valence-corrected chi connectivity index (χ0v) is 7.12. The lowest BCUT2D eigenvalue weighted by Gasteiger charge is -1.99. The molecule has 0 aromatic carbocycles. The summed E-state index contributed by atoms with van der Waals surface area (Å²) < 4.78 is 0. The highest BCUT2D eigenvalue weighted by atomic mass is 14.9. The summed E-state index contributed by atoms with van der Waals surface area (Å²) in [5.41, 5.74) is 7.21. The molecule has 0 aliphatic heterocycles. The lowest BCUT2D eigenvalue weighted by atomic mass is 10.3. The predicted molar refractivity (Wildman–Crippen MR) is 49.0 cm³/mol. The van der Waals surface area contributed by atoms with Crippen molar-refractivity contribution in [1.82, 2.24) is 10.3 Å². The van der Waals surface area contributed by atoms with E-state index in [-0.39, 0.29) is 0 Å². The third kappa shape index (κ3) is 3.05. The van der Waals surface area contributed by atoms with Crippen molar-refractivity contribution in [2.45, 2.75) is 13.5 Å². The minimum absolute atomic E-state index is 0.718. The van der Waals surface area contributed by atoms with Gasteiger partial charge in [0.05, 0.1) is 12.2 Å². The van der Waals surface area contributed by atoms with E-state index in [0.29, 0.717) is 0 Å². The third-order valence-corrected chi connectivity index (χ3v) is 1.34. The van der Waals surface area contributed by atoms with Gasteiger partial charge in [-0.1, -0.05) is 6.07 Å². The van der Waals surface area contributed by atoms with Gasteiger partial charge in [-0.05, 0) is 19.1 Å². The lowest BCUT2D eigenvalue weighted by Crippen LogP contribution is -2.08. The first-order chi connectivity index (χ1) is 5.79. The molecule has 3 nitrogen and oxygen atoms in total. The Morgan fingerprint density at radius 3 is 3.08 bits per heavy atom. The SMILES string of the molecule is C/C(N)=C/NCc1ccccn1. The van der Waals surface area contributed by atoms with E-state index in [1.807, 2.05) is 25.1 Å². The van der Waals surface area contributed by atoms with E-state index in [4.69, 9.17) is 5.73 Å². The van der Waals surface area contributed by atoms with Gasteiger partial charge in [-0.15, -0.1) is 0 Å². The molecule has 0 spiro atoms. The number of nitrogens with one attached hydrogen (secondary N) is 1. The quantitative estimate of drug-likeness (QED) is 0.698. The molecule has 1 rings (SSSR count). The fourth-order valence-corrected chi connectivity index (χ4v) is 0.819. The molecule has 0 amide bonds. The number of hydrogen-bond donors (Lipinski definition) is 2. The Labute approximate surface area is 72.3 Å². The summed E-state index contributed by atoms with van der Waals surface area (Å²) in [6.07, 6.45) is 3.55. The van der Waals surface area contributed by atoms with E-state index >= 15 is 0 Å². The van der Waals surface area contributed by atoms with Gasteiger partial charge in [-0.2, -0.15) is 0 Å². The van der Waals surface area contributed by atoms with E-state index in [1.165, 1.54) is 0 Å². The molecular weight excluding hydrogens is 150 g/mol. The maximum atomic E-state index is 5.43. The van der Waals surface area contributed by atoms with Crippen LogP contribution in [0.1, 0.15) is 12.6 Å². The second-order valence-corrected chi connectivity index (χ2v) is 2.59. The summed E-state index contributed by atoms with van der Waals surface area (Å²) in [7, 11) is 0. The molecule has 64 valence electrons. The minimum Gasteiger partial charge on any atom is -0.401 e. The molecule has 0 radical (unpaired) electrons. The molecule has 0 bridgehead atoms. The Morgan fingerprint density at radius 2 is 2.50 bits per heavy atom. The minimum atomic E-state index is 0.718. The van der Waals surface area contributed by atoms with Crippen molar-refractivity contribution in [3.05, 3.63) is 42.0 Å². The first-order valence-electron chi connectivity index (χ1n) is 3.84. The average Bonchev–Trinajstić information content (AvgIpc) is 2.05. The fraction of sp³-hybridized carbons (Fsp3) is 0.222. The van der Waals surface area contributed by atoms with Crippen LogP contribution in [0, 0.1) is 0 Å². The zero-order chi connectivity index (χ0) is 8.81. The summed E-state index contributed by atoms with van der Waals surface area (Å²) in [6.45, 7) is 2.56. The van der Waals surface area contributed by atoms with E-state index in [0.717, 1.165) is 17.9 Å². The molecule has 0 aliphatic carbocycles. The predicted octanol–water partition coefficient (Wildman–Crippen LogP) is 0.991. The van der Waals surface area contributed by atoms with E-state index in [2.05, 4.69) is 10.3 Å². The molecule has 1 heterocycles. The maximum Gasteiger partial charge on any atom is 0.0594 e. The van der Waals surface area contributed by atoms with Crippen LogP contribution in [-0.4, -0.2) is 4.98 Å². The van der Waals surface area contributed by atoms with Gasteiger partial charge in [0, 0.05) is 18.1 Å². The summed E-state index contributed by atoms with van der Waals surface area (Å²) in [6, 6.07) is 5.82. The van der Waals surface area contributed by atoms with Gasteiger partial charge in [0.1, 0.15) is 0 Å². The third-order valence-electron chi connectivity index (χ3n) is 1.34. The van der Waals surface area contributed by atoms with Crippen molar-refractivity contribution >= 4 is 0 Å². The number of allylic oxidation sites excluding steroid dienone is 1. The molecule has 1 aromatic rings. The number of nitrogens with zero attached hydrogens (tertiary/aromatic N) is 1. The normalized spacial score (nSPS) is 11.2. The van der Waals surface area contributed by atoms with Gasteiger partial charge in [0.2, 0.25) is 0 Å². The second-order valence-electron chi connectivity index (χ2n) is 2.59. The summed E-state index contributed by atoms with van der Waals surface area (Å²) in [5, 5.41) is 3.05. The Balaban J connectivity index is 2.39. The molecule has 3 heteroatoms. The molecule has 0 unspecified atom stereocenters. The second kappa shape index (κ2) is 4.38. The first kappa shape index (κ1) is 8.59. The van der Waals surface area contributed by atoms with Gasteiger partial charge in [0.25, 0.3) is 0 Å². The van der Waals surface area contributed by atoms with Crippen molar-refractivity contribution in [3.8, 4) is 0 Å². The monoisotopic (exact) mass is 163 g/mol. The van der Waals surface area contributed by atoms with Crippen molar-refractivity contribution < 1.29 is 0 Å². The van der Waals surface area contributed by atoms with Gasteiger partial charge >= 0.3 is 0 Å². The molecule has 0 saturated heterocycles. The first-order valence-corrected chi connectivity index (χ1v) is 3.84. The molecule has 12 heavy (non-hydrogen) atoms. The lowest BCUT2D eigenvalue weighted by molar-refractivity contribution is 0.826. The van der Waals surface area contributed by atoms with Gasteiger partial charge in [0.15, 0.2) is 0 Å². The number of hydrogen-bond acceptors (Lipinski definition) is 3. The maximum absolute atomic E-state index is 5.43. The van der Waals surface area contributed by atoms with Gasteiger partial charge in [-0.25, -0.2) is 0 Å². The standard InChI is InChI=1S/C9H13N3/c1-8(10)6-11-7-9-4-2-3-5-12-9/h2-6,11H,7,10H2,1H3/b8-6-. The van der Waals surface area contributed by atoms with E-state index in [9.17, 15) is 0 Å². The Hall–Kier alpha value is -1.51. The van der Waals surface area contributed by atoms with Crippen LogP contribution in [0.5, 0.6) is 0 Å². The largest absolute Gasteiger partial charge is 0.401 e. The van der Waals surface area contributed by atoms with Crippen molar-refractivity contribution in [2.75, 3.05) is 0 Å². The van der Waals surface area contributed by atoms with Crippen LogP contribution in [0.3, 0.4) is 0 Å². The molecule has 3 N–H and O–H groups in total. The smallest absolute Gasteiger partial charge is 0.0594 e. The van der Waals surface area contributed by atoms with Crippen molar-refractivity contribution in [2.24, 2.45) is 5.73 Å². The van der Waals surface area contributed by atoms with Crippen LogP contribution in [-0.2, 0) is 6.54 Å². The molecule has 1 aromatic heterocycles. The Bertz CT molecular complexity index is 250. The van der Waals surface area contributed by atoms with Gasteiger partial charge in [-0.3, -0.25) is 4.98 Å². The molecular formula is C9H13N3. The number of pyridine rings is 1. The highest BCUT2D eigenvalue weighted by Gasteiger charge is 1.87. The Morgan fingerprint density at radius 1 is 1.67 bits per heavy atom. The summed E-state index contributed by atoms with van der Waals surface area (Å²) in [4.78, 5) is 4.14. The number of rotatable bonds is 3. The van der Waals surface area contributed by atoms with E-state index in [1.54, 1.807) is 12.4 Å². The van der Waals surface area contributed by atoms with Crippen LogP contribution >= 0.6 is 0 Å². The molecule has 0 aliphatic rings. The summed E-state index contributed by atoms with van der Waals surface area (Å²) in [5.74, 6) is 0. The Kier molecular flexibility index (Phi) is 3.14. The highest BCUT2D eigenvalue weighted by Crippen LogP contribution is 1.91. The molecule has 0 fully saturated rings. The van der Waals surface area contributed by atoms with Gasteiger partial charge < -0.3 is 11.1 Å². The van der Waals surface area contributed by atoms with Crippen molar-refractivity contribution in [3.63, 3.8) is 0 Å². The van der Waals surface area contributed by atoms with Crippen LogP contribution in [0.25, 0.3) is 0 Å². The van der Waals surface area contributed by atoms with Crippen LogP contribution in [0.15, 0.2) is 36.3 Å². The van der Waals surface area contributed by atoms with Crippen LogP contribution in [0.2, 0.25) is 0 Å². The topological polar surface area (TPSA) is 50.9 Å². The summed E-state index contributed by atoms with van der Waals surface area (Å²) >= 11 is 0. The molecule has 0 saturated carbocycles. The average molecular weight is 163 g/mol. The number of nitrogens with two attached hydrogens (primary N) is 1. The fourth-order valence-electron chi connectivity index (χ4n) is 0.819. The highest BCUT2D eigenvalue weighted by molar-refractivity contribution is 5.04. The van der Waals surface area contributed by atoms with Crippen molar-refractivity contribution in [1.29, 1.82) is 0 Å². The van der Waals surface area contributed by atoms with E-state index < -0.39 is 0 Å². The molecule has 0 atom stereocenters. The number of aromatic nitrogens is 1.